The largest absolute Gasteiger partial charge is 0.453 e. The van der Waals surface area contributed by atoms with Gasteiger partial charge in [-0.25, -0.2) is 0 Å². The molecule has 0 aromatic heterocycles. The number of ether oxygens (including phenoxy) is 1. The third kappa shape index (κ3) is 2.24. The highest BCUT2D eigenvalue weighted by Crippen LogP contribution is 2.53. The van der Waals surface area contributed by atoms with E-state index < -0.39 is 0 Å². The molecule has 1 aliphatic rings. The summed E-state index contributed by atoms with van der Waals surface area (Å²) in [6.07, 6.45) is 0. The minimum atomic E-state index is 0.871. The lowest BCUT2D eigenvalue weighted by Crippen LogP contribution is -2.16. The van der Waals surface area contributed by atoms with Gasteiger partial charge in [0.2, 0.25) is 0 Å². The molecular formula is C32H19NO. The highest BCUT2D eigenvalue weighted by atomic mass is 16.5. The van der Waals surface area contributed by atoms with Gasteiger partial charge in [-0.05, 0) is 68.0 Å². The van der Waals surface area contributed by atoms with Gasteiger partial charge in [0.05, 0.1) is 17.1 Å². The Kier molecular flexibility index (Phi) is 3.42. The van der Waals surface area contributed by atoms with Crippen molar-refractivity contribution >= 4 is 60.2 Å². The Morgan fingerprint density at radius 3 is 1.62 bits per heavy atom. The summed E-state index contributed by atoms with van der Waals surface area (Å²) in [5.41, 5.74) is 3.28. The number of fused-ring (bicyclic) bond motifs is 4. The molecule has 2 nitrogen and oxygen atoms in total. The van der Waals surface area contributed by atoms with Crippen molar-refractivity contribution in [3.63, 3.8) is 0 Å². The lowest BCUT2D eigenvalue weighted by atomic mass is 9.88. The van der Waals surface area contributed by atoms with Crippen LogP contribution in [0.25, 0.3) is 43.1 Å². The number of para-hydroxylation sites is 4. The average molecular weight is 434 g/mol. The second-order valence-electron chi connectivity index (χ2n) is 8.95. The summed E-state index contributed by atoms with van der Waals surface area (Å²) in [6, 6.07) is 41.1. The summed E-state index contributed by atoms with van der Waals surface area (Å²) in [6.45, 7) is 0. The molecular weight excluding hydrogens is 414 g/mol. The molecule has 34 heavy (non-hydrogen) atoms. The van der Waals surface area contributed by atoms with Gasteiger partial charge in [-0.1, -0.05) is 84.9 Å². The first-order chi connectivity index (χ1) is 16.9. The minimum absolute atomic E-state index is 0.871. The van der Waals surface area contributed by atoms with Crippen LogP contribution in [0.5, 0.6) is 11.5 Å². The maximum Gasteiger partial charge on any atom is 0.151 e. The number of anilines is 3. The molecule has 0 bridgehead atoms. The summed E-state index contributed by atoms with van der Waals surface area (Å²) < 4.78 is 6.30. The van der Waals surface area contributed by atoms with Crippen LogP contribution in [-0.4, -0.2) is 0 Å². The van der Waals surface area contributed by atoms with Crippen LogP contribution in [0, 0.1) is 0 Å². The Bertz CT molecular complexity index is 1850. The third-order valence-corrected chi connectivity index (χ3v) is 7.16. The zero-order valence-electron chi connectivity index (χ0n) is 18.3. The van der Waals surface area contributed by atoms with E-state index in [4.69, 9.17) is 4.74 Å². The lowest BCUT2D eigenvalue weighted by Gasteiger charge is -2.34. The van der Waals surface area contributed by atoms with Crippen molar-refractivity contribution in [1.82, 2.24) is 0 Å². The van der Waals surface area contributed by atoms with Gasteiger partial charge in [-0.2, -0.15) is 0 Å². The fourth-order valence-corrected chi connectivity index (χ4v) is 5.79. The number of benzene rings is 7. The fourth-order valence-electron chi connectivity index (χ4n) is 5.79. The van der Waals surface area contributed by atoms with Crippen molar-refractivity contribution in [2.45, 2.75) is 0 Å². The van der Waals surface area contributed by atoms with E-state index in [1.807, 2.05) is 24.3 Å². The molecule has 0 aliphatic carbocycles. The first-order valence-electron chi connectivity index (χ1n) is 11.6. The smallest absolute Gasteiger partial charge is 0.151 e. The van der Waals surface area contributed by atoms with Gasteiger partial charge < -0.3 is 9.64 Å². The van der Waals surface area contributed by atoms with Crippen molar-refractivity contribution < 1.29 is 4.74 Å². The second-order valence-corrected chi connectivity index (χ2v) is 8.95. The van der Waals surface area contributed by atoms with Gasteiger partial charge in [0.25, 0.3) is 0 Å². The first kappa shape index (κ1) is 17.9. The van der Waals surface area contributed by atoms with Gasteiger partial charge in [-0.15, -0.1) is 0 Å². The van der Waals surface area contributed by atoms with E-state index >= 15 is 0 Å². The predicted molar refractivity (Wildman–Crippen MR) is 142 cm³/mol. The summed E-state index contributed by atoms with van der Waals surface area (Å²) in [5.74, 6) is 1.74. The molecule has 1 heterocycles. The van der Waals surface area contributed by atoms with E-state index in [-0.39, 0.29) is 0 Å². The molecule has 0 saturated carbocycles. The molecule has 0 radical (unpaired) electrons. The number of hydrogen-bond acceptors (Lipinski definition) is 2. The average Bonchev–Trinajstić information content (AvgIpc) is 2.90. The number of hydrogen-bond donors (Lipinski definition) is 0. The zero-order valence-corrected chi connectivity index (χ0v) is 18.3. The van der Waals surface area contributed by atoms with Gasteiger partial charge in [0.1, 0.15) is 0 Å². The maximum atomic E-state index is 6.30. The van der Waals surface area contributed by atoms with Crippen molar-refractivity contribution in [1.29, 1.82) is 0 Å². The maximum absolute atomic E-state index is 6.30. The van der Waals surface area contributed by atoms with Gasteiger partial charge in [-0.3, -0.25) is 0 Å². The monoisotopic (exact) mass is 433 g/mol. The van der Waals surface area contributed by atoms with Crippen LogP contribution < -0.4 is 9.64 Å². The molecule has 0 atom stereocenters. The summed E-state index contributed by atoms with van der Waals surface area (Å²) in [7, 11) is 0. The molecule has 1 aliphatic heterocycles. The molecule has 0 saturated heterocycles. The summed E-state index contributed by atoms with van der Waals surface area (Å²) >= 11 is 0. The van der Waals surface area contributed by atoms with E-state index in [1.54, 1.807) is 0 Å². The van der Waals surface area contributed by atoms with Gasteiger partial charge >= 0.3 is 0 Å². The highest BCUT2D eigenvalue weighted by molar-refractivity contribution is 6.35. The number of rotatable bonds is 1. The molecule has 2 heteroatoms. The van der Waals surface area contributed by atoms with Crippen molar-refractivity contribution in [3.05, 3.63) is 115 Å². The van der Waals surface area contributed by atoms with Crippen LogP contribution in [0.15, 0.2) is 115 Å². The topological polar surface area (TPSA) is 12.5 Å². The van der Waals surface area contributed by atoms with Crippen LogP contribution in [-0.2, 0) is 0 Å². The Balaban J connectivity index is 1.61. The van der Waals surface area contributed by atoms with Crippen molar-refractivity contribution in [3.8, 4) is 11.5 Å². The van der Waals surface area contributed by atoms with E-state index in [0.717, 1.165) is 22.9 Å². The molecule has 0 fully saturated rings. The second kappa shape index (κ2) is 6.49. The predicted octanol–water partition coefficient (Wildman–Crippen LogP) is 9.31. The standard InChI is InChI=1S/C32H19NO/c1-3-16-28-25(14-1)33(26-15-2-4-17-29(26)34-28)27-19-18-21-10-6-12-23-22-11-5-8-20-9-7-13-24(30(20)22)32(27)31(21)23/h1-19H. The van der Waals surface area contributed by atoms with E-state index in [1.165, 1.54) is 48.8 Å². The lowest BCUT2D eigenvalue weighted by molar-refractivity contribution is 0.477. The minimum Gasteiger partial charge on any atom is -0.453 e. The SMILES string of the molecule is c1ccc2c(c1)Oc1ccccc1N2c1ccc2cccc3c4cccc5cccc(c1c23)c54. The van der Waals surface area contributed by atoms with Crippen LogP contribution >= 0.6 is 0 Å². The number of nitrogens with zero attached hydrogens (tertiary/aromatic N) is 1. The zero-order chi connectivity index (χ0) is 22.2. The molecule has 8 rings (SSSR count). The van der Waals surface area contributed by atoms with E-state index in [9.17, 15) is 0 Å². The third-order valence-electron chi connectivity index (χ3n) is 7.16. The molecule has 0 N–H and O–H groups in total. The van der Waals surface area contributed by atoms with Crippen LogP contribution in [0.1, 0.15) is 0 Å². The Hall–Kier alpha value is -4.56. The first-order valence-corrected chi connectivity index (χ1v) is 11.6. The van der Waals surface area contributed by atoms with Crippen molar-refractivity contribution in [2.75, 3.05) is 4.90 Å². The summed E-state index contributed by atoms with van der Waals surface area (Å²) in [5, 5.41) is 10.4. The summed E-state index contributed by atoms with van der Waals surface area (Å²) in [4.78, 5) is 2.37. The molecule has 0 spiro atoms. The molecule has 0 unspecified atom stereocenters. The Morgan fingerprint density at radius 2 is 0.941 bits per heavy atom. The van der Waals surface area contributed by atoms with E-state index in [0.29, 0.717) is 0 Å². The molecule has 158 valence electrons. The van der Waals surface area contributed by atoms with Crippen LogP contribution in [0.4, 0.5) is 17.1 Å². The molecule has 0 amide bonds. The fraction of sp³-hybridized carbons (Fsp3) is 0. The Labute approximate surface area is 196 Å². The van der Waals surface area contributed by atoms with E-state index in [2.05, 4.69) is 95.9 Å². The van der Waals surface area contributed by atoms with Crippen LogP contribution in [0.2, 0.25) is 0 Å². The highest BCUT2D eigenvalue weighted by Gasteiger charge is 2.27. The molecule has 7 aromatic carbocycles. The normalized spacial score (nSPS) is 12.9. The van der Waals surface area contributed by atoms with Crippen LogP contribution in [0.3, 0.4) is 0 Å². The Morgan fingerprint density at radius 1 is 0.382 bits per heavy atom. The molecule has 7 aromatic rings. The quantitative estimate of drug-likeness (QED) is 0.189. The van der Waals surface area contributed by atoms with Gasteiger partial charge in [0.15, 0.2) is 11.5 Å². The van der Waals surface area contributed by atoms with Crippen molar-refractivity contribution in [2.24, 2.45) is 0 Å². The van der Waals surface area contributed by atoms with Gasteiger partial charge in [0, 0.05) is 5.39 Å².